The van der Waals surface area contributed by atoms with E-state index < -0.39 is 6.10 Å². The lowest BCUT2D eigenvalue weighted by atomic mass is 9.94. The van der Waals surface area contributed by atoms with E-state index in [-0.39, 0.29) is 36.6 Å². The lowest BCUT2D eigenvalue weighted by Crippen LogP contribution is -2.52. The molecule has 3 rings (SSSR count). The fourth-order valence-corrected chi connectivity index (χ4v) is 3.95. The van der Waals surface area contributed by atoms with Crippen molar-refractivity contribution in [2.75, 3.05) is 31.7 Å². The molecule has 1 aromatic rings. The van der Waals surface area contributed by atoms with E-state index in [9.17, 15) is 14.7 Å². The number of carbonyl (C=O) groups is 2. The zero-order valence-corrected chi connectivity index (χ0v) is 17.7. The summed E-state index contributed by atoms with van der Waals surface area (Å²) in [5, 5.41) is 18.9. The number of anilines is 1. The molecule has 9 heteroatoms. The molecule has 166 valence electrons. The van der Waals surface area contributed by atoms with Crippen LogP contribution in [-0.2, 0) is 14.3 Å². The fraction of sp³-hybridized carbons (Fsp3) is 0.619. The van der Waals surface area contributed by atoms with Gasteiger partial charge in [0.1, 0.15) is 6.10 Å². The number of carbonyl (C=O) groups excluding carboxylic acids is 2. The molecule has 3 amide bonds. The van der Waals surface area contributed by atoms with Gasteiger partial charge in [0.05, 0.1) is 18.8 Å². The Morgan fingerprint density at radius 1 is 1.10 bits per heavy atom. The summed E-state index contributed by atoms with van der Waals surface area (Å²) in [4.78, 5) is 24.5. The SMILES string of the molecule is O=C(NCC[C@@H]1CC[C@H](NC(=O)C2CCOCC2)[C@H](CO)O1)Nc1ccc(Cl)cc1. The molecule has 0 saturated carbocycles. The second kappa shape index (κ2) is 11.5. The second-order valence-electron chi connectivity index (χ2n) is 7.73. The normalized spacial score (nSPS) is 24.8. The van der Waals surface area contributed by atoms with Crippen LogP contribution in [0.5, 0.6) is 0 Å². The summed E-state index contributed by atoms with van der Waals surface area (Å²) >= 11 is 5.83. The van der Waals surface area contributed by atoms with Crippen molar-refractivity contribution < 1.29 is 24.2 Å². The Bertz CT molecular complexity index is 696. The summed E-state index contributed by atoms with van der Waals surface area (Å²) in [6, 6.07) is 6.38. The largest absolute Gasteiger partial charge is 0.394 e. The number of ether oxygens (including phenoxy) is 2. The molecule has 4 N–H and O–H groups in total. The molecule has 2 saturated heterocycles. The highest BCUT2D eigenvalue weighted by atomic mass is 35.5. The summed E-state index contributed by atoms with van der Waals surface area (Å²) in [5.74, 6) is -0.0106. The Morgan fingerprint density at radius 3 is 2.53 bits per heavy atom. The zero-order chi connectivity index (χ0) is 21.3. The average molecular weight is 440 g/mol. The molecule has 3 atom stereocenters. The van der Waals surface area contributed by atoms with Crippen LogP contribution in [0.15, 0.2) is 24.3 Å². The van der Waals surface area contributed by atoms with E-state index in [2.05, 4.69) is 16.0 Å². The number of aliphatic hydroxyl groups is 1. The molecule has 0 spiro atoms. The minimum Gasteiger partial charge on any atom is -0.394 e. The minimum atomic E-state index is -0.435. The number of urea groups is 1. The van der Waals surface area contributed by atoms with Crippen LogP contribution in [0.3, 0.4) is 0 Å². The molecule has 0 radical (unpaired) electrons. The van der Waals surface area contributed by atoms with Crippen LogP contribution >= 0.6 is 11.6 Å². The first-order valence-electron chi connectivity index (χ1n) is 10.5. The van der Waals surface area contributed by atoms with Crippen LogP contribution in [0.2, 0.25) is 5.02 Å². The van der Waals surface area contributed by atoms with Gasteiger partial charge in [0.15, 0.2) is 0 Å². The highest BCUT2D eigenvalue weighted by Gasteiger charge is 2.33. The number of amides is 3. The first-order chi connectivity index (χ1) is 14.5. The Morgan fingerprint density at radius 2 is 1.83 bits per heavy atom. The van der Waals surface area contributed by atoms with E-state index in [0.29, 0.717) is 36.9 Å². The Labute approximate surface area is 181 Å². The monoisotopic (exact) mass is 439 g/mol. The Hall–Kier alpha value is -1.87. The first kappa shape index (κ1) is 22.8. The van der Waals surface area contributed by atoms with E-state index in [0.717, 1.165) is 25.7 Å². The third kappa shape index (κ3) is 6.84. The van der Waals surface area contributed by atoms with Crippen molar-refractivity contribution in [2.45, 2.75) is 50.4 Å². The molecule has 0 aliphatic carbocycles. The number of nitrogens with one attached hydrogen (secondary N) is 3. The zero-order valence-electron chi connectivity index (χ0n) is 16.9. The highest BCUT2D eigenvalue weighted by Crippen LogP contribution is 2.23. The van der Waals surface area contributed by atoms with Crippen molar-refractivity contribution in [1.82, 2.24) is 10.6 Å². The molecule has 2 aliphatic heterocycles. The van der Waals surface area contributed by atoms with E-state index >= 15 is 0 Å². The van der Waals surface area contributed by atoms with Crippen molar-refractivity contribution in [1.29, 1.82) is 0 Å². The molecule has 2 heterocycles. The third-order valence-corrected chi connectivity index (χ3v) is 5.82. The van der Waals surface area contributed by atoms with Crippen molar-refractivity contribution in [3.05, 3.63) is 29.3 Å². The predicted molar refractivity (Wildman–Crippen MR) is 114 cm³/mol. The summed E-state index contributed by atoms with van der Waals surface area (Å²) in [6.45, 7) is 1.52. The highest BCUT2D eigenvalue weighted by molar-refractivity contribution is 6.30. The van der Waals surface area contributed by atoms with E-state index in [1.54, 1.807) is 24.3 Å². The van der Waals surface area contributed by atoms with E-state index in [4.69, 9.17) is 21.1 Å². The van der Waals surface area contributed by atoms with Crippen LogP contribution in [-0.4, -0.2) is 61.7 Å². The molecule has 0 unspecified atom stereocenters. The van der Waals surface area contributed by atoms with Crippen LogP contribution < -0.4 is 16.0 Å². The molecular weight excluding hydrogens is 410 g/mol. The molecule has 0 bridgehead atoms. The quantitative estimate of drug-likeness (QED) is 0.521. The Balaban J connectivity index is 1.37. The topological polar surface area (TPSA) is 109 Å². The average Bonchev–Trinajstić information content (AvgIpc) is 2.77. The maximum atomic E-state index is 12.5. The lowest BCUT2D eigenvalue weighted by molar-refractivity contribution is -0.134. The summed E-state index contributed by atoms with van der Waals surface area (Å²) in [6.07, 6.45) is 3.08. The lowest BCUT2D eigenvalue weighted by Gasteiger charge is -2.37. The van der Waals surface area contributed by atoms with Gasteiger partial charge < -0.3 is 30.5 Å². The molecular formula is C21H30ClN3O5. The van der Waals surface area contributed by atoms with Crippen molar-refractivity contribution >= 4 is 29.2 Å². The molecule has 2 aliphatic rings. The molecule has 30 heavy (non-hydrogen) atoms. The van der Waals surface area contributed by atoms with Crippen LogP contribution in [0.4, 0.5) is 10.5 Å². The van der Waals surface area contributed by atoms with E-state index in [1.807, 2.05) is 0 Å². The van der Waals surface area contributed by atoms with Gasteiger partial charge in [-0.1, -0.05) is 11.6 Å². The first-order valence-corrected chi connectivity index (χ1v) is 10.9. The standard InChI is InChI=1S/C21H30ClN3O5/c22-15-1-3-16(4-2-15)24-21(28)23-10-7-17-5-6-18(19(13-26)30-17)25-20(27)14-8-11-29-12-9-14/h1-4,14,17-19,26H,5-13H2,(H,25,27)(H2,23,24,28)/t17-,18-,19-/m0/s1. The van der Waals surface area contributed by atoms with Gasteiger partial charge in [-0.25, -0.2) is 4.79 Å². The van der Waals surface area contributed by atoms with Gasteiger partial charge in [0.25, 0.3) is 0 Å². The van der Waals surface area contributed by atoms with Gasteiger partial charge in [-0.3, -0.25) is 4.79 Å². The fourth-order valence-electron chi connectivity index (χ4n) is 3.82. The number of hydrogen-bond donors (Lipinski definition) is 4. The van der Waals surface area contributed by atoms with Crippen LogP contribution in [0.1, 0.15) is 32.1 Å². The van der Waals surface area contributed by atoms with Gasteiger partial charge in [-0.05, 0) is 56.4 Å². The Kier molecular flexibility index (Phi) is 8.74. The van der Waals surface area contributed by atoms with Crippen LogP contribution in [0, 0.1) is 5.92 Å². The maximum absolute atomic E-state index is 12.5. The van der Waals surface area contributed by atoms with Gasteiger partial charge in [-0.15, -0.1) is 0 Å². The van der Waals surface area contributed by atoms with Gasteiger partial charge >= 0.3 is 6.03 Å². The summed E-state index contributed by atoms with van der Waals surface area (Å²) < 4.78 is 11.3. The molecule has 1 aromatic carbocycles. The minimum absolute atomic E-state index is 0.0179. The maximum Gasteiger partial charge on any atom is 0.319 e. The van der Waals surface area contributed by atoms with Crippen LogP contribution in [0.25, 0.3) is 0 Å². The number of halogens is 1. The predicted octanol–water partition coefficient (Wildman–Crippen LogP) is 2.30. The number of rotatable bonds is 7. The summed E-state index contributed by atoms with van der Waals surface area (Å²) in [7, 11) is 0. The number of benzene rings is 1. The third-order valence-electron chi connectivity index (χ3n) is 5.57. The smallest absolute Gasteiger partial charge is 0.319 e. The van der Waals surface area contributed by atoms with Crippen molar-refractivity contribution in [3.63, 3.8) is 0 Å². The molecule has 2 fully saturated rings. The molecule has 0 aromatic heterocycles. The number of hydrogen-bond acceptors (Lipinski definition) is 5. The van der Waals surface area contributed by atoms with Gasteiger partial charge in [0.2, 0.25) is 5.91 Å². The van der Waals surface area contributed by atoms with Gasteiger partial charge in [0, 0.05) is 36.4 Å². The second-order valence-corrected chi connectivity index (χ2v) is 8.17. The van der Waals surface area contributed by atoms with E-state index in [1.165, 1.54) is 0 Å². The number of aliphatic hydroxyl groups excluding tert-OH is 1. The van der Waals surface area contributed by atoms with Crippen molar-refractivity contribution in [3.8, 4) is 0 Å². The van der Waals surface area contributed by atoms with Crippen molar-refractivity contribution in [2.24, 2.45) is 5.92 Å². The van der Waals surface area contributed by atoms with Gasteiger partial charge in [-0.2, -0.15) is 0 Å². The summed E-state index contributed by atoms with van der Waals surface area (Å²) in [5.41, 5.74) is 0.661. The molecule has 8 nitrogen and oxygen atoms in total.